The Hall–Kier alpha value is -2.55. The Kier molecular flexibility index (Phi) is 70.4. The number of unbranched alkanes of at least 4 members (excludes halogenated alkanes) is 46. The van der Waals surface area contributed by atoms with E-state index in [0.717, 1.165) is 64.2 Å². The predicted octanol–water partition coefficient (Wildman–Crippen LogP) is 24.8. The van der Waals surface area contributed by atoms with Crippen molar-refractivity contribution in [1.29, 1.82) is 0 Å². The van der Waals surface area contributed by atoms with Crippen molar-refractivity contribution < 1.29 is 37.6 Å². The largest absolute Gasteiger partial charge is 0.472 e. The van der Waals surface area contributed by atoms with Crippen molar-refractivity contribution >= 4 is 19.8 Å². The molecule has 3 N–H and O–H groups in total. The third-order valence-electron chi connectivity index (χ3n) is 16.6. The number of esters is 2. The minimum absolute atomic E-state index is 0.0542. The molecule has 0 amide bonds. The van der Waals surface area contributed by atoms with Gasteiger partial charge in [-0.2, -0.15) is 0 Å². The maximum atomic E-state index is 12.8. The van der Waals surface area contributed by atoms with Crippen molar-refractivity contribution in [3.63, 3.8) is 0 Å². The molecule has 10 heteroatoms. The van der Waals surface area contributed by atoms with Crippen LogP contribution in [-0.2, 0) is 32.7 Å². The smallest absolute Gasteiger partial charge is 0.462 e. The van der Waals surface area contributed by atoms with Gasteiger partial charge in [0.05, 0.1) is 13.2 Å². The second-order valence-electron chi connectivity index (χ2n) is 25.1. The number of carbonyl (C=O) groups excluding carboxylic acids is 2. The Morgan fingerprint density at radius 3 is 0.943 bits per heavy atom. The van der Waals surface area contributed by atoms with Gasteiger partial charge in [-0.1, -0.05) is 350 Å². The van der Waals surface area contributed by atoms with Crippen LogP contribution in [0.4, 0.5) is 0 Å². The molecule has 0 aliphatic heterocycles. The molecule has 9 nitrogen and oxygen atoms in total. The van der Waals surface area contributed by atoms with Crippen LogP contribution in [0.25, 0.3) is 0 Å². The Labute approximate surface area is 539 Å². The van der Waals surface area contributed by atoms with Crippen molar-refractivity contribution in [3.05, 3.63) is 72.9 Å². The average Bonchev–Trinajstić information content (AvgIpc) is 3.66. The third-order valence-corrected chi connectivity index (χ3v) is 17.6. The lowest BCUT2D eigenvalue weighted by Gasteiger charge is -2.19. The summed E-state index contributed by atoms with van der Waals surface area (Å²) in [5, 5.41) is 0. The van der Waals surface area contributed by atoms with Crippen LogP contribution in [-0.4, -0.2) is 49.3 Å². The minimum Gasteiger partial charge on any atom is -0.462 e. The summed E-state index contributed by atoms with van der Waals surface area (Å²) in [5.74, 6) is -0.808. The number of rotatable bonds is 71. The quantitative estimate of drug-likeness (QED) is 0.0264. The second-order valence-corrected chi connectivity index (χ2v) is 26.6. The number of nitrogens with two attached hydrogens (primary N) is 1. The zero-order valence-electron chi connectivity index (χ0n) is 57.3. The molecule has 0 aromatic heterocycles. The molecule has 0 aliphatic rings. The first-order chi connectivity index (χ1) is 42.8. The summed E-state index contributed by atoms with van der Waals surface area (Å²) in [5.41, 5.74) is 5.41. The van der Waals surface area contributed by atoms with Crippen LogP contribution in [0.15, 0.2) is 72.9 Å². The van der Waals surface area contributed by atoms with E-state index in [4.69, 9.17) is 24.3 Å². The van der Waals surface area contributed by atoms with E-state index < -0.39 is 26.5 Å². The molecule has 0 aliphatic carbocycles. The van der Waals surface area contributed by atoms with E-state index in [-0.39, 0.29) is 38.6 Å². The van der Waals surface area contributed by atoms with E-state index in [2.05, 4.69) is 86.8 Å². The van der Waals surface area contributed by atoms with Gasteiger partial charge in [0.2, 0.25) is 0 Å². The van der Waals surface area contributed by atoms with Gasteiger partial charge in [0.15, 0.2) is 6.10 Å². The molecule has 2 unspecified atom stereocenters. The zero-order valence-corrected chi connectivity index (χ0v) is 58.2. The molecule has 0 radical (unpaired) electrons. The molecule has 508 valence electrons. The van der Waals surface area contributed by atoms with Gasteiger partial charge < -0.3 is 20.1 Å². The number of phosphoric ester groups is 1. The summed E-state index contributed by atoms with van der Waals surface area (Å²) in [6.45, 7) is 3.68. The zero-order chi connectivity index (χ0) is 63.0. The maximum absolute atomic E-state index is 12.8. The third kappa shape index (κ3) is 72.4. The van der Waals surface area contributed by atoms with Crippen LogP contribution in [0, 0.1) is 0 Å². The minimum atomic E-state index is -4.39. The summed E-state index contributed by atoms with van der Waals surface area (Å²) in [4.78, 5) is 35.4. The first-order valence-corrected chi connectivity index (χ1v) is 38.9. The molecule has 0 rings (SSSR count). The van der Waals surface area contributed by atoms with Crippen LogP contribution in [0.1, 0.15) is 373 Å². The van der Waals surface area contributed by atoms with Crippen molar-refractivity contribution in [2.24, 2.45) is 5.73 Å². The van der Waals surface area contributed by atoms with Crippen molar-refractivity contribution in [2.75, 3.05) is 26.4 Å². The lowest BCUT2D eigenvalue weighted by molar-refractivity contribution is -0.161. The Morgan fingerprint density at radius 1 is 0.356 bits per heavy atom. The molecule has 0 bridgehead atoms. The highest BCUT2D eigenvalue weighted by Crippen LogP contribution is 2.43. The van der Waals surface area contributed by atoms with E-state index in [0.29, 0.717) is 6.42 Å². The molecule has 0 fully saturated rings. The van der Waals surface area contributed by atoms with Gasteiger partial charge in [0.1, 0.15) is 6.61 Å². The maximum Gasteiger partial charge on any atom is 0.472 e. The van der Waals surface area contributed by atoms with Gasteiger partial charge in [-0.15, -0.1) is 0 Å². The molecular weight excluding hydrogens is 1100 g/mol. The van der Waals surface area contributed by atoms with Crippen molar-refractivity contribution in [1.82, 2.24) is 0 Å². The first kappa shape index (κ1) is 84.5. The summed E-state index contributed by atoms with van der Waals surface area (Å²) in [7, 11) is -4.39. The number of hydrogen-bond donors (Lipinski definition) is 2. The molecule has 87 heavy (non-hydrogen) atoms. The van der Waals surface area contributed by atoms with E-state index in [1.165, 1.54) is 276 Å². The number of phosphoric acid groups is 1. The lowest BCUT2D eigenvalue weighted by atomic mass is 10.0. The summed E-state index contributed by atoms with van der Waals surface area (Å²) in [6, 6.07) is 0. The van der Waals surface area contributed by atoms with Gasteiger partial charge in [0.25, 0.3) is 0 Å². The van der Waals surface area contributed by atoms with E-state index in [1.807, 2.05) is 0 Å². The van der Waals surface area contributed by atoms with Gasteiger partial charge in [-0.05, 0) is 83.5 Å². The highest BCUT2D eigenvalue weighted by Gasteiger charge is 2.26. The highest BCUT2D eigenvalue weighted by atomic mass is 31.2. The summed E-state index contributed by atoms with van der Waals surface area (Å²) in [6.07, 6.45) is 95.9. The number of ether oxygens (including phenoxy) is 2. The normalized spacial score (nSPS) is 13.3. The van der Waals surface area contributed by atoms with Gasteiger partial charge in [-0.3, -0.25) is 18.6 Å². The highest BCUT2D eigenvalue weighted by molar-refractivity contribution is 7.47. The fourth-order valence-electron chi connectivity index (χ4n) is 11.1. The standard InChI is InChI=1S/C77H142NO8P/c1-3-5-7-9-11-13-15-17-19-21-23-25-27-29-31-33-35-36-37-38-40-41-43-45-47-49-51-53-55-57-59-61-63-65-67-69-76(79)83-73-75(74-85-87(81,82)84-72-71-78)86-77(80)70-68-66-64-62-60-58-56-54-52-50-48-46-44-42-39-34-32-30-28-26-24-22-20-18-16-14-12-10-8-6-4-2/h6,8,12,14-15,17-18,20-21,23-24,26,75H,3-5,7,9-11,13,16,19,22,25,27-74,78H2,1-2H3,(H,81,82)/b8-6-,14-12-,17-15-,20-18-,23-21-,26-24-. The number of allylic oxidation sites excluding steroid dienone is 12. The number of hydrogen-bond acceptors (Lipinski definition) is 8. The fraction of sp³-hybridized carbons (Fsp3) is 0.818. The summed E-state index contributed by atoms with van der Waals surface area (Å²) < 4.78 is 33.2. The molecular formula is C77H142NO8P. The van der Waals surface area contributed by atoms with Crippen LogP contribution in [0.3, 0.4) is 0 Å². The first-order valence-electron chi connectivity index (χ1n) is 37.4. The van der Waals surface area contributed by atoms with Gasteiger partial charge in [-0.25, -0.2) is 4.57 Å². The SMILES string of the molecule is CC/C=C\C/C=C\C/C=C\C/C=C\CCCCCCCCCCCCCCCCCCCCC(=O)OC(COC(=O)CCCCCCCCCCCCCCCCCCCCCCCCC/C=C\C/C=C\CCCCCCC)COP(=O)(O)OCCN. The predicted molar refractivity (Wildman–Crippen MR) is 376 cm³/mol. The van der Waals surface area contributed by atoms with Crippen LogP contribution in [0.5, 0.6) is 0 Å². The summed E-state index contributed by atoms with van der Waals surface area (Å²) >= 11 is 0. The Morgan fingerprint density at radius 2 is 0.632 bits per heavy atom. The average molecular weight is 1240 g/mol. The number of carbonyl (C=O) groups is 2. The van der Waals surface area contributed by atoms with E-state index in [9.17, 15) is 19.0 Å². The van der Waals surface area contributed by atoms with E-state index >= 15 is 0 Å². The van der Waals surface area contributed by atoms with Crippen molar-refractivity contribution in [2.45, 2.75) is 380 Å². The molecule has 2 atom stereocenters. The monoisotopic (exact) mass is 1240 g/mol. The molecule has 0 saturated carbocycles. The topological polar surface area (TPSA) is 134 Å². The van der Waals surface area contributed by atoms with Gasteiger partial charge >= 0.3 is 19.8 Å². The van der Waals surface area contributed by atoms with E-state index in [1.54, 1.807) is 0 Å². The van der Waals surface area contributed by atoms with Crippen LogP contribution >= 0.6 is 7.82 Å². The molecule has 0 aromatic rings. The molecule has 0 saturated heterocycles. The fourth-order valence-corrected chi connectivity index (χ4v) is 11.8. The Bertz CT molecular complexity index is 1660. The molecule has 0 aromatic carbocycles. The molecule has 0 spiro atoms. The lowest BCUT2D eigenvalue weighted by Crippen LogP contribution is -2.29. The van der Waals surface area contributed by atoms with Crippen LogP contribution < -0.4 is 5.73 Å². The Balaban J connectivity index is 3.79. The van der Waals surface area contributed by atoms with Gasteiger partial charge in [0, 0.05) is 19.4 Å². The second kappa shape index (κ2) is 72.5. The van der Waals surface area contributed by atoms with Crippen molar-refractivity contribution in [3.8, 4) is 0 Å². The molecule has 0 heterocycles. The van der Waals surface area contributed by atoms with Crippen LogP contribution in [0.2, 0.25) is 0 Å².